The Hall–Kier alpha value is -1.51. The fourth-order valence-electron chi connectivity index (χ4n) is 1.89. The summed E-state index contributed by atoms with van der Waals surface area (Å²) in [7, 11) is 0. The number of unbranched alkanes of at least 4 members (excludes halogenated alkanes) is 1. The van der Waals surface area contributed by atoms with E-state index >= 15 is 0 Å². The third kappa shape index (κ3) is 3.49. The number of allylic oxidation sites excluding steroid dienone is 2. The molecule has 0 fully saturated rings. The van der Waals surface area contributed by atoms with E-state index in [-0.39, 0.29) is 11.3 Å². The number of hydrogen-bond donors (Lipinski definition) is 2. The van der Waals surface area contributed by atoms with Crippen molar-refractivity contribution in [3.8, 4) is 5.75 Å². The maximum atomic E-state index is 11.7. The van der Waals surface area contributed by atoms with Gasteiger partial charge in [0.15, 0.2) is 0 Å². The van der Waals surface area contributed by atoms with Gasteiger partial charge in [-0.2, -0.15) is 0 Å². The van der Waals surface area contributed by atoms with Gasteiger partial charge in [-0.05, 0) is 33.6 Å². The monoisotopic (exact) mass is 249 g/mol. The molecule has 18 heavy (non-hydrogen) atoms. The first kappa shape index (κ1) is 14.6. The summed E-state index contributed by atoms with van der Waals surface area (Å²) in [4.78, 5) is 14.6. The maximum absolute atomic E-state index is 11.7. The van der Waals surface area contributed by atoms with Crippen LogP contribution in [-0.2, 0) is 12.8 Å². The first-order valence-corrected chi connectivity index (χ1v) is 6.54. The smallest absolute Gasteiger partial charge is 0.254 e. The summed E-state index contributed by atoms with van der Waals surface area (Å²) in [6.45, 7) is 7.83. The molecular weight excluding hydrogens is 226 g/mol. The Bertz CT molecular complexity index is 494. The Kier molecular flexibility index (Phi) is 5.20. The maximum Gasteiger partial charge on any atom is 0.254 e. The van der Waals surface area contributed by atoms with Gasteiger partial charge in [0.05, 0.1) is 5.56 Å². The van der Waals surface area contributed by atoms with Crippen LogP contribution in [-0.4, -0.2) is 10.1 Å². The summed E-state index contributed by atoms with van der Waals surface area (Å²) < 4.78 is 0. The van der Waals surface area contributed by atoms with Crippen LogP contribution in [0.4, 0.5) is 0 Å². The fraction of sp³-hybridized carbons (Fsp3) is 0.533. The van der Waals surface area contributed by atoms with Gasteiger partial charge in [-0.3, -0.25) is 4.79 Å². The lowest BCUT2D eigenvalue weighted by molar-refractivity contribution is 0.459. The van der Waals surface area contributed by atoms with Gasteiger partial charge in [-0.15, -0.1) is 0 Å². The van der Waals surface area contributed by atoms with Crippen molar-refractivity contribution in [3.05, 3.63) is 38.8 Å². The van der Waals surface area contributed by atoms with Crippen molar-refractivity contribution in [2.75, 3.05) is 0 Å². The van der Waals surface area contributed by atoms with Crippen molar-refractivity contribution >= 4 is 0 Å². The second-order valence-electron chi connectivity index (χ2n) is 4.97. The average molecular weight is 249 g/mol. The van der Waals surface area contributed by atoms with Crippen LogP contribution in [0.5, 0.6) is 5.75 Å². The summed E-state index contributed by atoms with van der Waals surface area (Å²) in [5.41, 5.74) is 3.17. The molecule has 1 heterocycles. The van der Waals surface area contributed by atoms with Gasteiger partial charge < -0.3 is 10.1 Å². The standard InChI is InChI=1S/C15H23NO2/c1-5-6-7-12-13(9-8-10(2)3)16-15(18)11(4)14(12)17/h8H,5-7,9H2,1-4H3,(H2,16,17,18). The number of nitrogens with one attached hydrogen (secondary N) is 1. The highest BCUT2D eigenvalue weighted by atomic mass is 16.3. The number of aromatic amines is 1. The van der Waals surface area contributed by atoms with E-state index in [1.54, 1.807) is 6.92 Å². The molecule has 100 valence electrons. The predicted molar refractivity (Wildman–Crippen MR) is 75.2 cm³/mol. The third-order valence-electron chi connectivity index (χ3n) is 3.11. The van der Waals surface area contributed by atoms with Gasteiger partial charge in [0, 0.05) is 17.7 Å². The van der Waals surface area contributed by atoms with Crippen LogP contribution in [0.1, 0.15) is 50.4 Å². The van der Waals surface area contributed by atoms with E-state index in [1.807, 2.05) is 13.8 Å². The van der Waals surface area contributed by atoms with Crippen LogP contribution < -0.4 is 5.56 Å². The number of H-pyrrole nitrogens is 1. The van der Waals surface area contributed by atoms with E-state index in [2.05, 4.69) is 18.0 Å². The molecule has 0 bridgehead atoms. The average Bonchev–Trinajstić information content (AvgIpc) is 2.32. The van der Waals surface area contributed by atoms with Crippen LogP contribution in [0.15, 0.2) is 16.4 Å². The molecule has 2 N–H and O–H groups in total. The minimum Gasteiger partial charge on any atom is -0.507 e. The zero-order chi connectivity index (χ0) is 13.7. The number of rotatable bonds is 5. The molecule has 1 aromatic rings. The largest absolute Gasteiger partial charge is 0.507 e. The molecule has 3 nitrogen and oxygen atoms in total. The molecule has 0 aromatic carbocycles. The normalized spacial score (nSPS) is 10.4. The molecule has 1 rings (SSSR count). The quantitative estimate of drug-likeness (QED) is 0.787. The van der Waals surface area contributed by atoms with Crippen LogP contribution in [0.25, 0.3) is 0 Å². The molecule has 3 heteroatoms. The topological polar surface area (TPSA) is 53.1 Å². The molecule has 0 spiro atoms. The molecular formula is C15H23NO2. The van der Waals surface area contributed by atoms with Crippen LogP contribution in [0, 0.1) is 6.92 Å². The Morgan fingerprint density at radius 3 is 2.61 bits per heavy atom. The van der Waals surface area contributed by atoms with E-state index < -0.39 is 0 Å². The summed E-state index contributed by atoms with van der Waals surface area (Å²) in [5.74, 6) is 0.171. The summed E-state index contributed by atoms with van der Waals surface area (Å²) in [6, 6.07) is 0. The molecule has 0 radical (unpaired) electrons. The first-order chi connectivity index (χ1) is 8.47. The van der Waals surface area contributed by atoms with Gasteiger partial charge in [-0.1, -0.05) is 25.0 Å². The lowest BCUT2D eigenvalue weighted by Gasteiger charge is -2.12. The van der Waals surface area contributed by atoms with Crippen molar-refractivity contribution in [1.29, 1.82) is 0 Å². The van der Waals surface area contributed by atoms with E-state index in [1.165, 1.54) is 5.57 Å². The first-order valence-electron chi connectivity index (χ1n) is 6.54. The third-order valence-corrected chi connectivity index (χ3v) is 3.11. The number of pyridine rings is 1. The van der Waals surface area contributed by atoms with Crippen molar-refractivity contribution in [2.45, 2.75) is 53.4 Å². The Balaban J connectivity index is 3.20. The summed E-state index contributed by atoms with van der Waals surface area (Å²) in [6.07, 6.45) is 5.63. The Morgan fingerprint density at radius 1 is 1.39 bits per heavy atom. The van der Waals surface area contributed by atoms with E-state index in [0.29, 0.717) is 12.0 Å². The van der Waals surface area contributed by atoms with Crippen molar-refractivity contribution in [2.24, 2.45) is 0 Å². The predicted octanol–water partition coefficient (Wildman–Crippen LogP) is 3.24. The zero-order valence-electron chi connectivity index (χ0n) is 11.8. The highest BCUT2D eigenvalue weighted by Crippen LogP contribution is 2.24. The molecule has 0 saturated carbocycles. The lowest BCUT2D eigenvalue weighted by Crippen LogP contribution is -2.15. The SMILES string of the molecule is CCCCc1c(CC=C(C)C)[nH]c(=O)c(C)c1O. The second-order valence-corrected chi connectivity index (χ2v) is 4.97. The molecule has 0 unspecified atom stereocenters. The molecule has 0 atom stereocenters. The molecule has 0 amide bonds. The fourth-order valence-corrected chi connectivity index (χ4v) is 1.89. The molecule has 0 aliphatic heterocycles. The van der Waals surface area contributed by atoms with Gasteiger partial charge in [-0.25, -0.2) is 0 Å². The molecule has 1 aromatic heterocycles. The van der Waals surface area contributed by atoms with Gasteiger partial charge in [0.25, 0.3) is 5.56 Å². The van der Waals surface area contributed by atoms with E-state index in [9.17, 15) is 9.90 Å². The van der Waals surface area contributed by atoms with Crippen LogP contribution in [0.2, 0.25) is 0 Å². The molecule has 0 aliphatic rings. The highest BCUT2D eigenvalue weighted by Gasteiger charge is 2.12. The number of aromatic hydroxyl groups is 1. The highest BCUT2D eigenvalue weighted by molar-refractivity contribution is 5.41. The van der Waals surface area contributed by atoms with Gasteiger partial charge in [0.1, 0.15) is 5.75 Å². The molecule has 0 aliphatic carbocycles. The van der Waals surface area contributed by atoms with Crippen molar-refractivity contribution in [1.82, 2.24) is 4.98 Å². The van der Waals surface area contributed by atoms with Gasteiger partial charge >= 0.3 is 0 Å². The van der Waals surface area contributed by atoms with E-state index in [4.69, 9.17) is 0 Å². The Morgan fingerprint density at radius 2 is 2.06 bits per heavy atom. The second kappa shape index (κ2) is 6.43. The lowest BCUT2D eigenvalue weighted by atomic mass is 10.0. The summed E-state index contributed by atoms with van der Waals surface area (Å²) in [5, 5.41) is 10.1. The summed E-state index contributed by atoms with van der Waals surface area (Å²) >= 11 is 0. The van der Waals surface area contributed by atoms with E-state index in [0.717, 1.165) is 30.5 Å². The number of hydrogen-bond acceptors (Lipinski definition) is 2. The van der Waals surface area contributed by atoms with Crippen molar-refractivity contribution in [3.63, 3.8) is 0 Å². The van der Waals surface area contributed by atoms with Crippen LogP contribution in [0.3, 0.4) is 0 Å². The van der Waals surface area contributed by atoms with Crippen molar-refractivity contribution < 1.29 is 5.11 Å². The number of aromatic nitrogens is 1. The minimum absolute atomic E-state index is 0.171. The van der Waals surface area contributed by atoms with Gasteiger partial charge in [0.2, 0.25) is 0 Å². The molecule has 0 saturated heterocycles. The zero-order valence-corrected chi connectivity index (χ0v) is 11.8. The Labute approximate surface area is 109 Å². The minimum atomic E-state index is -0.190. The van der Waals surface area contributed by atoms with Crippen LogP contribution >= 0.6 is 0 Å².